The van der Waals surface area contributed by atoms with Crippen LogP contribution in [0.4, 0.5) is 0 Å². The molecule has 0 atom stereocenters. The fourth-order valence-electron chi connectivity index (χ4n) is 0. The molecule has 26 valence electrons. The third kappa shape index (κ3) is 29.2. The van der Waals surface area contributed by atoms with E-state index in [9.17, 15) is 0 Å². The van der Waals surface area contributed by atoms with Gasteiger partial charge in [0.1, 0.15) is 0 Å². The second kappa shape index (κ2) is 5.55. The number of hydrogen-bond acceptors (Lipinski definition) is 3. The van der Waals surface area contributed by atoms with Gasteiger partial charge in [0.05, 0.1) is 11.0 Å². The first-order valence-electron chi connectivity index (χ1n) is 0.548. The molecule has 0 saturated carbocycles. The largest absolute Gasteiger partial charge is 1.00 e. The van der Waals surface area contributed by atoms with E-state index < -0.39 is 11.0 Å². The molecule has 0 aromatic carbocycles. The first-order valence-corrected chi connectivity index (χ1v) is 1.64. The monoisotopic (exact) mass is 120 g/mol. The molecule has 5 heteroatoms. The Morgan fingerprint density at radius 1 is 1.40 bits per heavy atom. The fraction of sp³-hybridized carbons (Fsp3) is 0. The zero-order valence-electron chi connectivity index (χ0n) is 2.67. The second-order valence-corrected chi connectivity index (χ2v) is 0.671. The fourth-order valence-corrected chi connectivity index (χ4v) is 0. The van der Waals surface area contributed by atoms with Gasteiger partial charge in [-0.1, -0.05) is 0 Å². The van der Waals surface area contributed by atoms with Crippen molar-refractivity contribution >= 4 is 11.0 Å². The summed E-state index contributed by atoms with van der Waals surface area (Å²) in [6.07, 6.45) is 0. The first kappa shape index (κ1) is 9.74. The van der Waals surface area contributed by atoms with Crippen LogP contribution < -0.4 is 51.4 Å². The Kier molecular flexibility index (Phi) is 10.8. The molecule has 0 saturated heterocycles. The number of rotatable bonds is 0. The van der Waals surface area contributed by atoms with E-state index in [-0.39, 0.29) is 51.4 Å². The van der Waals surface area contributed by atoms with E-state index in [1.807, 2.05) is 0 Å². The summed E-state index contributed by atoms with van der Waals surface area (Å²) in [6.45, 7) is 0. The predicted octanol–water partition coefficient (Wildman–Crippen LogP) is -4.27. The molecule has 0 bridgehead atoms. The average molecular weight is 120 g/mol. The van der Waals surface area contributed by atoms with Crippen LogP contribution in [0, 0.1) is 0 Å². The van der Waals surface area contributed by atoms with Crippen LogP contribution in [-0.2, 0) is 11.0 Å². The minimum Gasteiger partial charge on any atom is -0.750 e. The summed E-state index contributed by atoms with van der Waals surface area (Å²) in [6, 6.07) is 0. The molecular weight excluding hydrogens is 119 g/mol. The van der Waals surface area contributed by atoms with Crippen LogP contribution in [0.15, 0.2) is 0 Å². The van der Waals surface area contributed by atoms with E-state index in [2.05, 4.69) is 0 Å². The van der Waals surface area contributed by atoms with Gasteiger partial charge >= 0.3 is 51.4 Å². The van der Waals surface area contributed by atoms with Gasteiger partial charge in [0.25, 0.3) is 0 Å². The van der Waals surface area contributed by atoms with E-state index in [1.54, 1.807) is 0 Å². The Hall–Kier alpha value is 1.55. The molecule has 0 fully saturated rings. The Bertz CT molecular complexity index is 55.3. The Labute approximate surface area is 74.0 Å². The van der Waals surface area contributed by atoms with E-state index in [1.165, 1.54) is 0 Å². The van der Waals surface area contributed by atoms with Crippen LogP contribution in [-0.4, -0.2) is 13.0 Å². The van der Waals surface area contributed by atoms with Crippen LogP contribution in [0.3, 0.4) is 0 Å². The van der Waals surface area contributed by atoms with Crippen molar-refractivity contribution in [2.45, 2.75) is 0 Å². The van der Waals surface area contributed by atoms with Gasteiger partial charge in [-0.15, -0.1) is 0 Å². The molecule has 0 radical (unpaired) electrons. The summed E-state index contributed by atoms with van der Waals surface area (Å²) in [7, 11) is -3.37. The molecule has 0 N–H and O–H groups in total. The van der Waals surface area contributed by atoms with Crippen molar-refractivity contribution in [2.75, 3.05) is 0 Å². The predicted molar refractivity (Wildman–Crippen MR) is 11.1 cm³/mol. The summed E-state index contributed by atoms with van der Waals surface area (Å²) in [4.78, 5) is 0. The van der Waals surface area contributed by atoms with Gasteiger partial charge in [-0.2, -0.15) is 0 Å². The van der Waals surface area contributed by atoms with Crippen LogP contribution in [0.1, 0.15) is 0 Å². The smallest absolute Gasteiger partial charge is 0.750 e. The van der Waals surface area contributed by atoms with E-state index in [4.69, 9.17) is 13.0 Å². The van der Waals surface area contributed by atoms with Crippen LogP contribution in [0.5, 0.6) is 0 Å². The molecule has 0 heterocycles. The van der Waals surface area contributed by atoms with Crippen molar-refractivity contribution in [3.05, 3.63) is 0 Å². The van der Waals surface area contributed by atoms with Gasteiger partial charge in [-0.25, -0.2) is 8.42 Å². The number of hydrogen-bond donors (Lipinski definition) is 1. The summed E-state index contributed by atoms with van der Waals surface area (Å²) >= 11 is 0. The minimum atomic E-state index is -3.37. The van der Waals surface area contributed by atoms with E-state index >= 15 is 0 Å². The van der Waals surface area contributed by atoms with E-state index in [0.29, 0.717) is 0 Å². The minimum absolute atomic E-state index is 0. The van der Waals surface area contributed by atoms with Gasteiger partial charge in [0.2, 0.25) is 0 Å². The van der Waals surface area contributed by atoms with Gasteiger partial charge in [-0.05, 0) is 0 Å². The quantitative estimate of drug-likeness (QED) is 0.200. The van der Waals surface area contributed by atoms with Crippen molar-refractivity contribution in [1.29, 1.82) is 0 Å². The van der Waals surface area contributed by atoms with Crippen LogP contribution >= 0.6 is 0 Å². The maximum absolute atomic E-state index is 8.48. The van der Waals surface area contributed by atoms with Gasteiger partial charge in [0.15, 0.2) is 0 Å². The van der Waals surface area contributed by atoms with Gasteiger partial charge in [0, 0.05) is 0 Å². The SMILES string of the molecule is O=[SH](=O)[O-].[K+]. The van der Waals surface area contributed by atoms with Crippen LogP contribution in [0.2, 0.25) is 0 Å². The zero-order chi connectivity index (χ0) is 3.58. The molecule has 0 amide bonds. The Balaban J connectivity index is 0. The molecule has 0 aliphatic rings. The molecule has 0 unspecified atom stereocenters. The van der Waals surface area contributed by atoms with Gasteiger partial charge in [-0.3, -0.25) is 0 Å². The molecule has 0 aromatic rings. The molecule has 0 rings (SSSR count). The maximum Gasteiger partial charge on any atom is 1.00 e. The summed E-state index contributed by atoms with van der Waals surface area (Å²) < 4.78 is 25.4. The van der Waals surface area contributed by atoms with Crippen molar-refractivity contribution in [1.82, 2.24) is 0 Å². The van der Waals surface area contributed by atoms with Gasteiger partial charge < -0.3 is 4.55 Å². The summed E-state index contributed by atoms with van der Waals surface area (Å²) in [5, 5.41) is 0. The first-order chi connectivity index (χ1) is 1.73. The molecule has 0 aliphatic heterocycles. The second-order valence-electron chi connectivity index (χ2n) is 0.224. The summed E-state index contributed by atoms with van der Waals surface area (Å²) in [5.74, 6) is 0. The normalized spacial score (nSPS) is 6.80. The molecule has 3 nitrogen and oxygen atoms in total. The topological polar surface area (TPSA) is 57.2 Å². The Morgan fingerprint density at radius 2 is 1.40 bits per heavy atom. The Morgan fingerprint density at radius 3 is 1.40 bits per heavy atom. The third-order valence-corrected chi connectivity index (χ3v) is 0. The van der Waals surface area contributed by atoms with Crippen molar-refractivity contribution < 1.29 is 64.4 Å². The maximum atomic E-state index is 8.48. The van der Waals surface area contributed by atoms with Crippen molar-refractivity contribution in [3.8, 4) is 0 Å². The van der Waals surface area contributed by atoms with Crippen molar-refractivity contribution in [3.63, 3.8) is 0 Å². The standard InChI is InChI=1S/K.H2O3S/c;1-4(2)3/h;4H,(H,1,2,3)/q+1;/p-1. The third-order valence-electron chi connectivity index (χ3n) is 0. The van der Waals surface area contributed by atoms with E-state index in [0.717, 1.165) is 0 Å². The van der Waals surface area contributed by atoms with Crippen molar-refractivity contribution in [2.24, 2.45) is 0 Å². The average Bonchev–Trinajstić information content (AvgIpc) is 0.811. The molecule has 0 spiro atoms. The molecule has 0 aromatic heterocycles. The molecule has 5 heavy (non-hydrogen) atoms. The molecule has 0 aliphatic carbocycles. The summed E-state index contributed by atoms with van der Waals surface area (Å²) in [5.41, 5.74) is 0. The number of thiol groups is 1. The molecular formula is HKO3S. The van der Waals surface area contributed by atoms with Crippen LogP contribution in [0.25, 0.3) is 0 Å². The zero-order valence-corrected chi connectivity index (χ0v) is 6.69.